The van der Waals surface area contributed by atoms with Crippen molar-refractivity contribution >= 4 is 35.0 Å². The van der Waals surface area contributed by atoms with Crippen LogP contribution in [-0.2, 0) is 4.79 Å². The number of hydrogen-bond acceptors (Lipinski definition) is 6. The van der Waals surface area contributed by atoms with Gasteiger partial charge in [0.1, 0.15) is 5.75 Å². The van der Waals surface area contributed by atoms with E-state index in [1.54, 1.807) is 35.9 Å². The van der Waals surface area contributed by atoms with Crippen molar-refractivity contribution in [3.8, 4) is 11.4 Å². The van der Waals surface area contributed by atoms with Gasteiger partial charge in [-0.25, -0.2) is 0 Å². The summed E-state index contributed by atoms with van der Waals surface area (Å²) in [7, 11) is 0. The van der Waals surface area contributed by atoms with Gasteiger partial charge in [0.2, 0.25) is 11.1 Å². The minimum atomic E-state index is -0.395. The summed E-state index contributed by atoms with van der Waals surface area (Å²) < 4.78 is 7.03. The molecule has 0 fully saturated rings. The maximum atomic E-state index is 12.4. The molecule has 1 N–H and O–H groups in total. The number of tetrazole rings is 1. The number of nitrogens with zero attached hydrogens (tertiary/aromatic N) is 4. The first-order valence-electron chi connectivity index (χ1n) is 8.31. The maximum absolute atomic E-state index is 12.4. The lowest BCUT2D eigenvalue weighted by atomic mass is 10.3. The summed E-state index contributed by atoms with van der Waals surface area (Å²) >= 11 is 7.13. The fraction of sp³-hybridized carbons (Fsp3) is 0.222. The minimum absolute atomic E-state index is 0.149. The average molecular weight is 404 g/mol. The smallest absolute Gasteiger partial charge is 0.237 e. The van der Waals surface area contributed by atoms with E-state index in [1.165, 1.54) is 11.8 Å². The molecule has 0 radical (unpaired) electrons. The van der Waals surface area contributed by atoms with E-state index in [0.717, 1.165) is 11.4 Å². The maximum Gasteiger partial charge on any atom is 0.237 e. The fourth-order valence-electron chi connectivity index (χ4n) is 2.25. The molecule has 3 aromatic rings. The summed E-state index contributed by atoms with van der Waals surface area (Å²) in [5.41, 5.74) is 1.47. The largest absolute Gasteiger partial charge is 0.494 e. The molecule has 140 valence electrons. The summed E-state index contributed by atoms with van der Waals surface area (Å²) in [5.74, 6) is 0.628. The number of anilines is 1. The van der Waals surface area contributed by atoms with E-state index in [2.05, 4.69) is 20.8 Å². The molecule has 1 atom stereocenters. The number of thioether (sulfide) groups is 1. The number of benzene rings is 2. The Morgan fingerprint density at radius 2 is 1.93 bits per heavy atom. The quantitative estimate of drug-likeness (QED) is 0.603. The fourth-order valence-corrected chi connectivity index (χ4v) is 3.19. The number of rotatable bonds is 7. The molecule has 0 aliphatic carbocycles. The lowest BCUT2D eigenvalue weighted by Crippen LogP contribution is -2.22. The van der Waals surface area contributed by atoms with E-state index in [9.17, 15) is 4.79 Å². The molecule has 27 heavy (non-hydrogen) atoms. The van der Waals surface area contributed by atoms with Crippen LogP contribution < -0.4 is 10.1 Å². The van der Waals surface area contributed by atoms with Gasteiger partial charge in [0.15, 0.2) is 0 Å². The molecular formula is C18H18ClN5O2S. The number of nitrogens with one attached hydrogen (secondary N) is 1. The van der Waals surface area contributed by atoms with Crippen LogP contribution >= 0.6 is 23.4 Å². The molecule has 0 saturated heterocycles. The number of hydrogen-bond donors (Lipinski definition) is 1. The van der Waals surface area contributed by atoms with Crippen LogP contribution in [0.1, 0.15) is 13.8 Å². The van der Waals surface area contributed by atoms with E-state index < -0.39 is 5.25 Å². The number of ether oxygens (including phenoxy) is 1. The molecule has 0 bridgehead atoms. The Morgan fingerprint density at radius 1 is 1.22 bits per heavy atom. The monoisotopic (exact) mass is 403 g/mol. The highest BCUT2D eigenvalue weighted by molar-refractivity contribution is 8.00. The molecule has 3 rings (SSSR count). The van der Waals surface area contributed by atoms with Gasteiger partial charge < -0.3 is 10.1 Å². The number of carbonyl (C=O) groups excluding carboxylic acids is 1. The molecule has 2 aromatic carbocycles. The Labute approximate surface area is 166 Å². The summed E-state index contributed by atoms with van der Waals surface area (Å²) in [6.07, 6.45) is 0. The van der Waals surface area contributed by atoms with Gasteiger partial charge in [0.25, 0.3) is 0 Å². The van der Waals surface area contributed by atoms with Gasteiger partial charge in [-0.3, -0.25) is 4.79 Å². The van der Waals surface area contributed by atoms with Crippen LogP contribution in [0, 0.1) is 0 Å². The SMILES string of the molecule is CCOc1ccc(-n2nnnc2S[C@@H](C)C(=O)Nc2ccc(Cl)cc2)cc1. The van der Waals surface area contributed by atoms with Gasteiger partial charge in [0, 0.05) is 10.7 Å². The highest BCUT2D eigenvalue weighted by atomic mass is 35.5. The molecule has 7 nitrogen and oxygen atoms in total. The minimum Gasteiger partial charge on any atom is -0.494 e. The van der Waals surface area contributed by atoms with Crippen LogP contribution in [0.3, 0.4) is 0 Å². The van der Waals surface area contributed by atoms with Gasteiger partial charge in [-0.1, -0.05) is 23.4 Å². The topological polar surface area (TPSA) is 81.9 Å². The molecule has 0 unspecified atom stereocenters. The van der Waals surface area contributed by atoms with E-state index >= 15 is 0 Å². The Morgan fingerprint density at radius 3 is 2.59 bits per heavy atom. The molecule has 1 amide bonds. The van der Waals surface area contributed by atoms with Crippen molar-refractivity contribution in [2.24, 2.45) is 0 Å². The molecule has 0 aliphatic heterocycles. The van der Waals surface area contributed by atoms with Crippen LogP contribution in [0.15, 0.2) is 53.7 Å². The van der Waals surface area contributed by atoms with E-state index in [-0.39, 0.29) is 5.91 Å². The Bertz CT molecular complexity index is 899. The summed E-state index contributed by atoms with van der Waals surface area (Å²) in [4.78, 5) is 12.4. The second-order valence-corrected chi connectivity index (χ2v) is 7.30. The van der Waals surface area contributed by atoms with Crippen molar-refractivity contribution in [3.63, 3.8) is 0 Å². The van der Waals surface area contributed by atoms with Crippen LogP contribution in [0.25, 0.3) is 5.69 Å². The second kappa shape index (κ2) is 8.88. The zero-order chi connectivity index (χ0) is 19.2. The number of carbonyl (C=O) groups is 1. The van der Waals surface area contributed by atoms with Crippen molar-refractivity contribution in [1.82, 2.24) is 20.2 Å². The van der Waals surface area contributed by atoms with Crippen molar-refractivity contribution in [2.75, 3.05) is 11.9 Å². The average Bonchev–Trinajstić information content (AvgIpc) is 3.12. The van der Waals surface area contributed by atoms with Crippen LogP contribution in [0.2, 0.25) is 5.02 Å². The third kappa shape index (κ3) is 4.99. The predicted molar refractivity (Wildman–Crippen MR) is 106 cm³/mol. The van der Waals surface area contributed by atoms with Crippen molar-refractivity contribution < 1.29 is 9.53 Å². The standard InChI is InChI=1S/C18H18ClN5O2S/c1-3-26-16-10-8-15(9-11-16)24-18(21-22-23-24)27-12(2)17(25)20-14-6-4-13(19)5-7-14/h4-12H,3H2,1-2H3,(H,20,25)/t12-/m0/s1. The van der Waals surface area contributed by atoms with Gasteiger partial charge in [-0.15, -0.1) is 5.10 Å². The molecular weight excluding hydrogens is 386 g/mol. The van der Waals surface area contributed by atoms with E-state index in [4.69, 9.17) is 16.3 Å². The van der Waals surface area contributed by atoms with Crippen LogP contribution in [0.5, 0.6) is 5.75 Å². The number of halogens is 1. The Kier molecular flexibility index (Phi) is 6.31. The molecule has 0 saturated carbocycles. The van der Waals surface area contributed by atoms with E-state index in [0.29, 0.717) is 22.5 Å². The normalized spacial score (nSPS) is 11.8. The predicted octanol–water partition coefficient (Wildman–Crippen LogP) is 3.83. The van der Waals surface area contributed by atoms with Gasteiger partial charge in [-0.2, -0.15) is 4.68 Å². The second-order valence-electron chi connectivity index (χ2n) is 5.56. The molecule has 0 spiro atoms. The first-order chi connectivity index (χ1) is 13.1. The Balaban J connectivity index is 1.68. The van der Waals surface area contributed by atoms with Gasteiger partial charge >= 0.3 is 0 Å². The third-order valence-electron chi connectivity index (χ3n) is 3.60. The first-order valence-corrected chi connectivity index (χ1v) is 9.57. The molecule has 1 aromatic heterocycles. The van der Waals surface area contributed by atoms with E-state index in [1.807, 2.05) is 31.2 Å². The van der Waals surface area contributed by atoms with Gasteiger partial charge in [-0.05, 0) is 72.8 Å². The molecule has 9 heteroatoms. The Hall–Kier alpha value is -2.58. The van der Waals surface area contributed by atoms with Crippen molar-refractivity contribution in [3.05, 3.63) is 53.6 Å². The van der Waals surface area contributed by atoms with Crippen molar-refractivity contribution in [1.29, 1.82) is 0 Å². The number of aromatic nitrogens is 4. The third-order valence-corrected chi connectivity index (χ3v) is 4.88. The lowest BCUT2D eigenvalue weighted by Gasteiger charge is -2.12. The first kappa shape index (κ1) is 19.2. The zero-order valence-corrected chi connectivity index (χ0v) is 16.4. The summed E-state index contributed by atoms with van der Waals surface area (Å²) in [6.45, 7) is 4.33. The van der Waals surface area contributed by atoms with Crippen molar-refractivity contribution in [2.45, 2.75) is 24.3 Å². The highest BCUT2D eigenvalue weighted by Crippen LogP contribution is 2.25. The molecule has 1 heterocycles. The zero-order valence-electron chi connectivity index (χ0n) is 14.8. The van der Waals surface area contributed by atoms with Crippen LogP contribution in [0.4, 0.5) is 5.69 Å². The highest BCUT2D eigenvalue weighted by Gasteiger charge is 2.19. The summed E-state index contributed by atoms with van der Waals surface area (Å²) in [5, 5.41) is 15.4. The number of amides is 1. The van der Waals surface area contributed by atoms with Crippen LogP contribution in [-0.4, -0.2) is 38.0 Å². The lowest BCUT2D eigenvalue weighted by molar-refractivity contribution is -0.115. The molecule has 0 aliphatic rings. The summed E-state index contributed by atoms with van der Waals surface area (Å²) in [6, 6.07) is 14.4. The van der Waals surface area contributed by atoms with Gasteiger partial charge in [0.05, 0.1) is 17.5 Å².